The number of ether oxygens (including phenoxy) is 2. The molecule has 0 saturated heterocycles. The molecule has 0 heterocycles. The monoisotopic (exact) mass is 296 g/mol. The predicted octanol–water partition coefficient (Wildman–Crippen LogP) is 2.93. The number of nitriles is 1. The average molecular weight is 296 g/mol. The van der Waals surface area contributed by atoms with Crippen LogP contribution in [0.4, 0.5) is 0 Å². The first-order valence-corrected chi connectivity index (χ1v) is 7.25. The molecule has 0 saturated carbocycles. The minimum absolute atomic E-state index is 0.331. The number of benzene rings is 2. The van der Waals surface area contributed by atoms with E-state index in [0.29, 0.717) is 25.4 Å². The third-order valence-electron chi connectivity index (χ3n) is 3.25. The Balaban J connectivity index is 1.91. The summed E-state index contributed by atoms with van der Waals surface area (Å²) < 4.78 is 11.2. The highest BCUT2D eigenvalue weighted by Crippen LogP contribution is 2.28. The number of hydrogen-bond donors (Lipinski definition) is 1. The fourth-order valence-electron chi connectivity index (χ4n) is 2.13. The molecule has 2 aromatic rings. The van der Waals surface area contributed by atoms with Gasteiger partial charge in [-0.15, -0.1) is 0 Å². The maximum absolute atomic E-state index is 8.52. The molecule has 2 aromatic carbocycles. The lowest BCUT2D eigenvalue weighted by atomic mass is 10.1. The molecular weight excluding hydrogens is 276 g/mol. The molecule has 1 N–H and O–H groups in total. The van der Waals surface area contributed by atoms with Crippen molar-refractivity contribution in [3.8, 4) is 17.6 Å². The van der Waals surface area contributed by atoms with Crippen molar-refractivity contribution in [2.45, 2.75) is 13.0 Å². The molecule has 0 spiro atoms. The van der Waals surface area contributed by atoms with Crippen molar-refractivity contribution >= 4 is 0 Å². The van der Waals surface area contributed by atoms with E-state index in [9.17, 15) is 0 Å². The van der Waals surface area contributed by atoms with Crippen LogP contribution in [-0.2, 0) is 13.0 Å². The first kappa shape index (κ1) is 15.9. The van der Waals surface area contributed by atoms with Crippen LogP contribution >= 0.6 is 0 Å². The zero-order valence-electron chi connectivity index (χ0n) is 12.7. The largest absolute Gasteiger partial charge is 0.493 e. The lowest BCUT2D eigenvalue weighted by Crippen LogP contribution is -2.13. The third-order valence-corrected chi connectivity index (χ3v) is 3.25. The lowest BCUT2D eigenvalue weighted by Gasteiger charge is -2.12. The Kier molecular flexibility index (Phi) is 6.28. The van der Waals surface area contributed by atoms with Crippen LogP contribution in [0.15, 0.2) is 48.5 Å². The zero-order valence-corrected chi connectivity index (χ0v) is 12.7. The van der Waals surface area contributed by atoms with E-state index in [-0.39, 0.29) is 0 Å². The molecule has 0 unspecified atom stereocenters. The molecule has 0 amide bonds. The smallest absolute Gasteiger partial charge is 0.161 e. The highest BCUT2D eigenvalue weighted by atomic mass is 16.5. The minimum atomic E-state index is 0.331. The summed E-state index contributed by atoms with van der Waals surface area (Å²) in [5.41, 5.74) is 2.31. The van der Waals surface area contributed by atoms with Crippen molar-refractivity contribution < 1.29 is 9.47 Å². The number of methoxy groups -OCH3 is 1. The predicted molar refractivity (Wildman–Crippen MR) is 86.0 cm³/mol. The van der Waals surface area contributed by atoms with Crippen LogP contribution in [0.3, 0.4) is 0 Å². The Morgan fingerprint density at radius 3 is 2.59 bits per heavy atom. The van der Waals surface area contributed by atoms with Crippen LogP contribution < -0.4 is 14.8 Å². The van der Waals surface area contributed by atoms with Gasteiger partial charge in [0.1, 0.15) is 0 Å². The summed E-state index contributed by atoms with van der Waals surface area (Å²) in [4.78, 5) is 0. The molecular formula is C18H20N2O2. The van der Waals surface area contributed by atoms with E-state index in [1.807, 2.05) is 36.4 Å². The van der Waals surface area contributed by atoms with E-state index in [1.54, 1.807) is 7.11 Å². The summed E-state index contributed by atoms with van der Waals surface area (Å²) in [6, 6.07) is 18.1. The first-order valence-electron chi connectivity index (χ1n) is 7.25. The summed E-state index contributed by atoms with van der Waals surface area (Å²) in [5, 5.41) is 11.6. The van der Waals surface area contributed by atoms with E-state index in [0.717, 1.165) is 17.7 Å². The molecule has 4 nitrogen and oxygen atoms in total. The van der Waals surface area contributed by atoms with Crippen molar-refractivity contribution in [1.82, 2.24) is 5.32 Å². The molecule has 0 aromatic heterocycles. The maximum Gasteiger partial charge on any atom is 0.161 e. The number of rotatable bonds is 8. The van der Waals surface area contributed by atoms with Gasteiger partial charge in [0.2, 0.25) is 0 Å². The van der Waals surface area contributed by atoms with Crippen LogP contribution in [0.2, 0.25) is 0 Å². The van der Waals surface area contributed by atoms with Crippen LogP contribution in [0, 0.1) is 11.3 Å². The number of hydrogen-bond acceptors (Lipinski definition) is 4. The van der Waals surface area contributed by atoms with Crippen LogP contribution in [0.5, 0.6) is 11.5 Å². The molecule has 0 bridgehead atoms. The quantitative estimate of drug-likeness (QED) is 0.601. The zero-order chi connectivity index (χ0) is 15.6. The van der Waals surface area contributed by atoms with E-state index < -0.39 is 0 Å². The summed E-state index contributed by atoms with van der Waals surface area (Å²) >= 11 is 0. The molecule has 2 rings (SSSR count). The van der Waals surface area contributed by atoms with Gasteiger partial charge in [-0.2, -0.15) is 5.26 Å². The van der Waals surface area contributed by atoms with E-state index in [4.69, 9.17) is 14.7 Å². The fraction of sp³-hybridized carbons (Fsp3) is 0.278. The normalized spacial score (nSPS) is 10.0. The molecule has 0 aliphatic rings. The Hall–Kier alpha value is -2.51. The molecule has 0 fully saturated rings. The second-order valence-corrected chi connectivity index (χ2v) is 4.83. The highest BCUT2D eigenvalue weighted by Gasteiger charge is 2.06. The summed E-state index contributed by atoms with van der Waals surface area (Å²) in [6.45, 7) is 1.57. The van der Waals surface area contributed by atoms with E-state index >= 15 is 0 Å². The second-order valence-electron chi connectivity index (χ2n) is 4.83. The van der Waals surface area contributed by atoms with Gasteiger partial charge in [0.25, 0.3) is 0 Å². The average Bonchev–Trinajstić information content (AvgIpc) is 2.57. The van der Waals surface area contributed by atoms with Crippen LogP contribution in [-0.4, -0.2) is 20.3 Å². The van der Waals surface area contributed by atoms with Gasteiger partial charge in [-0.3, -0.25) is 0 Å². The maximum atomic E-state index is 8.52. The second kappa shape index (κ2) is 8.71. The van der Waals surface area contributed by atoms with Crippen molar-refractivity contribution in [2.24, 2.45) is 0 Å². The summed E-state index contributed by atoms with van der Waals surface area (Å²) in [7, 11) is 1.63. The molecule has 0 aliphatic heterocycles. The Labute approximate surface area is 131 Å². The highest BCUT2D eigenvalue weighted by molar-refractivity contribution is 5.43. The molecule has 114 valence electrons. The SMILES string of the molecule is COc1cc(CNCC#N)ccc1OCCc1ccccc1. The van der Waals surface area contributed by atoms with Crippen LogP contribution in [0.25, 0.3) is 0 Å². The summed E-state index contributed by atoms with van der Waals surface area (Å²) in [6.07, 6.45) is 0.857. The first-order chi connectivity index (χ1) is 10.8. The fourth-order valence-corrected chi connectivity index (χ4v) is 2.13. The number of nitrogens with zero attached hydrogens (tertiary/aromatic N) is 1. The van der Waals surface area contributed by atoms with Gasteiger partial charge in [-0.05, 0) is 23.3 Å². The molecule has 22 heavy (non-hydrogen) atoms. The Morgan fingerprint density at radius 2 is 1.86 bits per heavy atom. The van der Waals surface area contributed by atoms with Gasteiger partial charge in [-0.1, -0.05) is 36.4 Å². The van der Waals surface area contributed by atoms with Crippen LogP contribution in [0.1, 0.15) is 11.1 Å². The minimum Gasteiger partial charge on any atom is -0.493 e. The van der Waals surface area contributed by atoms with Gasteiger partial charge in [0.15, 0.2) is 11.5 Å². The van der Waals surface area contributed by atoms with Gasteiger partial charge < -0.3 is 14.8 Å². The topological polar surface area (TPSA) is 54.3 Å². The van der Waals surface area contributed by atoms with Gasteiger partial charge in [-0.25, -0.2) is 0 Å². The van der Waals surface area contributed by atoms with E-state index in [1.165, 1.54) is 5.56 Å². The van der Waals surface area contributed by atoms with Gasteiger partial charge >= 0.3 is 0 Å². The van der Waals surface area contributed by atoms with E-state index in [2.05, 4.69) is 23.5 Å². The standard InChI is InChI=1S/C18H20N2O2/c1-21-18-13-16(14-20-11-10-19)7-8-17(18)22-12-9-15-5-3-2-4-6-15/h2-8,13,20H,9,11-12,14H2,1H3. The lowest BCUT2D eigenvalue weighted by molar-refractivity contribution is 0.297. The summed E-state index contributed by atoms with van der Waals surface area (Å²) in [5.74, 6) is 1.45. The van der Waals surface area contributed by atoms with Crippen molar-refractivity contribution in [1.29, 1.82) is 5.26 Å². The molecule has 0 atom stereocenters. The number of nitrogens with one attached hydrogen (secondary N) is 1. The van der Waals surface area contributed by atoms with Crippen molar-refractivity contribution in [3.63, 3.8) is 0 Å². The molecule has 4 heteroatoms. The molecule has 0 radical (unpaired) electrons. The van der Waals surface area contributed by atoms with Gasteiger partial charge in [0.05, 0.1) is 26.3 Å². The molecule has 0 aliphatic carbocycles. The Bertz CT molecular complexity index is 621. The van der Waals surface area contributed by atoms with Crippen molar-refractivity contribution in [2.75, 3.05) is 20.3 Å². The van der Waals surface area contributed by atoms with Gasteiger partial charge in [0, 0.05) is 13.0 Å². The Morgan fingerprint density at radius 1 is 1.05 bits per heavy atom. The third kappa shape index (κ3) is 4.80. The van der Waals surface area contributed by atoms with Crippen molar-refractivity contribution in [3.05, 3.63) is 59.7 Å².